The number of hydrogen-bond acceptors (Lipinski definition) is 1. The van der Waals surface area contributed by atoms with Gasteiger partial charge in [0, 0.05) is 17.0 Å². The second-order valence-corrected chi connectivity index (χ2v) is 8.01. The van der Waals surface area contributed by atoms with Crippen molar-refractivity contribution >= 4 is 16.5 Å². The first-order valence-corrected chi connectivity index (χ1v) is 9.93. The molecule has 0 bridgehead atoms. The van der Waals surface area contributed by atoms with E-state index >= 15 is 0 Å². The molecule has 0 fully saturated rings. The number of nitrogens with one attached hydrogen (secondary N) is 1. The van der Waals surface area contributed by atoms with Crippen LogP contribution in [0.15, 0.2) is 71.8 Å². The molecule has 0 aliphatic heterocycles. The first-order chi connectivity index (χ1) is 13.4. The van der Waals surface area contributed by atoms with Gasteiger partial charge in [-0.05, 0) is 67.6 Å². The van der Waals surface area contributed by atoms with Crippen molar-refractivity contribution in [3.05, 3.63) is 105 Å². The molecule has 0 saturated heterocycles. The summed E-state index contributed by atoms with van der Waals surface area (Å²) in [7, 11) is 0. The summed E-state index contributed by atoms with van der Waals surface area (Å²) in [4.78, 5) is 0. The molecule has 140 valence electrons. The maximum Gasteiger partial charge on any atom is 0.0696 e. The zero-order chi connectivity index (χ0) is 20.0. The Hall–Kier alpha value is -2.93. The lowest BCUT2D eigenvalue weighted by atomic mass is 9.82. The van der Waals surface area contributed by atoms with Crippen LogP contribution >= 0.6 is 0 Å². The first-order valence-electron chi connectivity index (χ1n) is 9.93. The first kappa shape index (κ1) is 18.4. The molecule has 1 aliphatic carbocycles. The molecular weight excluding hydrogens is 338 g/mol. The fourth-order valence-electron chi connectivity index (χ4n) is 4.29. The van der Waals surface area contributed by atoms with Crippen LogP contribution in [0.25, 0.3) is 10.8 Å². The van der Waals surface area contributed by atoms with Gasteiger partial charge < -0.3 is 0 Å². The number of rotatable bonds is 3. The molecule has 4 rings (SSSR count). The van der Waals surface area contributed by atoms with E-state index in [0.717, 1.165) is 16.5 Å². The van der Waals surface area contributed by atoms with Crippen molar-refractivity contribution in [2.75, 3.05) is 0 Å². The average Bonchev–Trinajstić information content (AvgIpc) is 3.03. The molecule has 0 amide bonds. The zero-order valence-corrected chi connectivity index (χ0v) is 17.4. The van der Waals surface area contributed by atoms with Crippen LogP contribution in [0.1, 0.15) is 53.1 Å². The van der Waals surface area contributed by atoms with E-state index in [1.165, 1.54) is 38.8 Å². The van der Waals surface area contributed by atoms with Crippen LogP contribution in [0.4, 0.5) is 0 Å². The third kappa shape index (κ3) is 2.82. The van der Waals surface area contributed by atoms with Gasteiger partial charge in [-0.2, -0.15) is 0 Å². The van der Waals surface area contributed by atoms with Gasteiger partial charge in [0.2, 0.25) is 0 Å². The van der Waals surface area contributed by atoms with E-state index in [1.807, 2.05) is 0 Å². The van der Waals surface area contributed by atoms with E-state index in [2.05, 4.69) is 95.3 Å². The van der Waals surface area contributed by atoms with Gasteiger partial charge in [-0.3, -0.25) is 5.41 Å². The van der Waals surface area contributed by atoms with Crippen LogP contribution in [0, 0.1) is 26.2 Å². The lowest BCUT2D eigenvalue weighted by molar-refractivity contribution is 1.00. The Morgan fingerprint density at radius 2 is 1.57 bits per heavy atom. The number of hydrogen-bond donors (Lipinski definition) is 1. The minimum absolute atomic E-state index is 0.242. The lowest BCUT2D eigenvalue weighted by Crippen LogP contribution is -2.11. The molecule has 0 radical (unpaired) electrons. The van der Waals surface area contributed by atoms with E-state index in [0.29, 0.717) is 5.71 Å². The second kappa shape index (κ2) is 6.91. The molecule has 0 saturated carbocycles. The van der Waals surface area contributed by atoms with Crippen molar-refractivity contribution in [3.8, 4) is 0 Å². The SMILES string of the molecule is CC1=C(C)C(c2ccc3ccccc3c2C(=N)c2ccc(C)c(C)c2C)C=C1. The molecule has 0 heterocycles. The highest BCUT2D eigenvalue weighted by Gasteiger charge is 2.24. The highest BCUT2D eigenvalue weighted by Crippen LogP contribution is 2.39. The summed E-state index contributed by atoms with van der Waals surface area (Å²) >= 11 is 0. The summed E-state index contributed by atoms with van der Waals surface area (Å²) in [5.41, 5.74) is 10.4. The van der Waals surface area contributed by atoms with Gasteiger partial charge >= 0.3 is 0 Å². The summed E-state index contributed by atoms with van der Waals surface area (Å²) in [5, 5.41) is 11.6. The maximum atomic E-state index is 9.24. The van der Waals surface area contributed by atoms with Gasteiger partial charge in [0.15, 0.2) is 0 Å². The Balaban J connectivity index is 2.00. The standard InChI is InChI=1S/C27H27N/c1-16-11-14-23(20(5)18(16)3)27(28)26-24-9-7-6-8-21(24)12-15-25(26)22-13-10-17(2)19(22)4/h6-15,22,28H,1-5H3. The lowest BCUT2D eigenvalue weighted by Gasteiger charge is -2.21. The highest BCUT2D eigenvalue weighted by atomic mass is 14.4. The van der Waals surface area contributed by atoms with Gasteiger partial charge in [-0.1, -0.05) is 71.8 Å². The van der Waals surface area contributed by atoms with Crippen LogP contribution in [-0.4, -0.2) is 5.71 Å². The fraction of sp³-hybridized carbons (Fsp3) is 0.222. The van der Waals surface area contributed by atoms with Crippen molar-refractivity contribution in [1.29, 1.82) is 5.41 Å². The van der Waals surface area contributed by atoms with Crippen LogP contribution in [0.2, 0.25) is 0 Å². The monoisotopic (exact) mass is 365 g/mol. The van der Waals surface area contributed by atoms with Crippen molar-refractivity contribution in [3.63, 3.8) is 0 Å². The molecule has 1 heteroatoms. The average molecular weight is 366 g/mol. The normalized spacial score (nSPS) is 16.2. The topological polar surface area (TPSA) is 23.9 Å². The summed E-state index contributed by atoms with van der Waals surface area (Å²) in [6.45, 7) is 10.8. The Bertz CT molecular complexity index is 1170. The van der Waals surface area contributed by atoms with E-state index in [4.69, 9.17) is 0 Å². The van der Waals surface area contributed by atoms with E-state index < -0.39 is 0 Å². The summed E-state index contributed by atoms with van der Waals surface area (Å²) in [6, 6.07) is 17.1. The van der Waals surface area contributed by atoms with Crippen molar-refractivity contribution < 1.29 is 0 Å². The molecule has 1 aliphatic rings. The van der Waals surface area contributed by atoms with Crippen LogP contribution < -0.4 is 0 Å². The summed E-state index contributed by atoms with van der Waals surface area (Å²) in [5.74, 6) is 0.242. The molecule has 1 nitrogen and oxygen atoms in total. The van der Waals surface area contributed by atoms with Crippen LogP contribution in [0.5, 0.6) is 0 Å². The minimum Gasteiger partial charge on any atom is -0.300 e. The van der Waals surface area contributed by atoms with Gasteiger partial charge in [0.25, 0.3) is 0 Å². The molecule has 0 spiro atoms. The van der Waals surface area contributed by atoms with Gasteiger partial charge in [0.1, 0.15) is 0 Å². The molecule has 3 aromatic rings. The summed E-state index contributed by atoms with van der Waals surface area (Å²) in [6.07, 6.45) is 4.49. The highest BCUT2D eigenvalue weighted by molar-refractivity contribution is 6.19. The predicted molar refractivity (Wildman–Crippen MR) is 121 cm³/mol. The van der Waals surface area contributed by atoms with Gasteiger partial charge in [-0.15, -0.1) is 0 Å². The molecule has 1 atom stereocenters. The van der Waals surface area contributed by atoms with Crippen molar-refractivity contribution in [1.82, 2.24) is 0 Å². The van der Waals surface area contributed by atoms with E-state index in [1.54, 1.807) is 0 Å². The Morgan fingerprint density at radius 1 is 0.821 bits per heavy atom. The van der Waals surface area contributed by atoms with Crippen molar-refractivity contribution in [2.24, 2.45) is 0 Å². The maximum absolute atomic E-state index is 9.24. The zero-order valence-electron chi connectivity index (χ0n) is 17.4. The molecular formula is C27H27N. The number of benzene rings is 3. The second-order valence-electron chi connectivity index (χ2n) is 8.01. The van der Waals surface area contributed by atoms with Crippen molar-refractivity contribution in [2.45, 2.75) is 40.5 Å². The fourth-order valence-corrected chi connectivity index (χ4v) is 4.29. The summed E-state index contributed by atoms with van der Waals surface area (Å²) < 4.78 is 0. The molecule has 1 N–H and O–H groups in total. The quantitative estimate of drug-likeness (QED) is 0.476. The van der Waals surface area contributed by atoms with Gasteiger partial charge in [0.05, 0.1) is 5.71 Å². The molecule has 28 heavy (non-hydrogen) atoms. The predicted octanol–water partition coefficient (Wildman–Crippen LogP) is 7.17. The largest absolute Gasteiger partial charge is 0.300 e. The van der Waals surface area contributed by atoms with E-state index in [-0.39, 0.29) is 5.92 Å². The smallest absolute Gasteiger partial charge is 0.0696 e. The Morgan fingerprint density at radius 3 is 2.29 bits per heavy atom. The minimum atomic E-state index is 0.242. The third-order valence-electron chi connectivity index (χ3n) is 6.50. The molecule has 0 aromatic heterocycles. The van der Waals surface area contributed by atoms with Gasteiger partial charge in [-0.25, -0.2) is 0 Å². The number of allylic oxidation sites excluding steroid dienone is 4. The Labute approximate surface area is 167 Å². The number of aryl methyl sites for hydroxylation is 1. The van der Waals surface area contributed by atoms with Crippen LogP contribution in [-0.2, 0) is 0 Å². The Kier molecular flexibility index (Phi) is 4.55. The number of fused-ring (bicyclic) bond motifs is 1. The molecule has 1 unspecified atom stereocenters. The third-order valence-corrected chi connectivity index (χ3v) is 6.50. The van der Waals surface area contributed by atoms with E-state index in [9.17, 15) is 5.41 Å². The van der Waals surface area contributed by atoms with Crippen LogP contribution in [0.3, 0.4) is 0 Å². The molecule has 3 aromatic carbocycles.